The topological polar surface area (TPSA) is 248 Å². The quantitative estimate of drug-likeness (QED) is 0.163. The van der Waals surface area contributed by atoms with Crippen molar-refractivity contribution in [3.63, 3.8) is 0 Å². The largest absolute Gasteiger partial charge is 0.394 e. The van der Waals surface area contributed by atoms with Crippen LogP contribution in [0.5, 0.6) is 0 Å². The van der Waals surface area contributed by atoms with Crippen molar-refractivity contribution in [1.29, 1.82) is 0 Å². The second-order valence-electron chi connectivity index (χ2n) is 7.05. The molecule has 0 unspecified atom stereocenters. The molecule has 0 spiro atoms. The third-order valence-corrected chi connectivity index (χ3v) is 4.99. The average molecular weight is 456 g/mol. The van der Waals surface area contributed by atoms with Crippen molar-refractivity contribution in [3.8, 4) is 0 Å². The van der Waals surface area contributed by atoms with Gasteiger partial charge in [0, 0.05) is 0 Å². The van der Waals surface area contributed by atoms with E-state index in [9.17, 15) is 40.2 Å². The van der Waals surface area contributed by atoms with E-state index in [1.807, 2.05) is 0 Å². The number of nitrogens with one attached hydrogen (secondary N) is 2. The molecule has 2 heterocycles. The summed E-state index contributed by atoms with van der Waals surface area (Å²) in [6.07, 6.45) is -12.7. The van der Waals surface area contributed by atoms with Gasteiger partial charge in [0.1, 0.15) is 61.9 Å². The summed E-state index contributed by atoms with van der Waals surface area (Å²) in [5.41, 5.74) is 0. The van der Waals surface area contributed by atoms with Crippen LogP contribution in [0.25, 0.3) is 0 Å². The van der Waals surface area contributed by atoms with E-state index in [1.165, 1.54) is 0 Å². The molecule has 2 fully saturated rings. The van der Waals surface area contributed by atoms with E-state index in [1.54, 1.807) is 0 Å². The first-order valence-electron chi connectivity index (χ1n) is 9.39. The van der Waals surface area contributed by atoms with Gasteiger partial charge in [0.05, 0.1) is 13.2 Å². The summed E-state index contributed by atoms with van der Waals surface area (Å²) in [6.45, 7) is -3.44. The predicted molar refractivity (Wildman–Crippen MR) is 94.6 cm³/mol. The Bertz CT molecular complexity index is 610. The van der Waals surface area contributed by atoms with Gasteiger partial charge >= 0.3 is 0 Å². The maximum atomic E-state index is 11.6. The molecular weight excluding hydrogens is 428 g/mol. The molecule has 10 N–H and O–H groups in total. The van der Waals surface area contributed by atoms with E-state index >= 15 is 0 Å². The molecule has 10 atom stereocenters. The summed E-state index contributed by atoms with van der Waals surface area (Å²) >= 11 is 0. The second-order valence-corrected chi connectivity index (χ2v) is 7.05. The minimum atomic E-state index is -1.78. The number of carbonyl (C=O) groups excluding carboxylic acids is 2. The van der Waals surface area contributed by atoms with Crippen LogP contribution in [0.15, 0.2) is 0 Å². The Labute approximate surface area is 175 Å². The van der Waals surface area contributed by atoms with Gasteiger partial charge in [-0.25, -0.2) is 0 Å². The van der Waals surface area contributed by atoms with Gasteiger partial charge < -0.3 is 65.7 Å². The third-order valence-electron chi connectivity index (χ3n) is 4.99. The molecule has 2 aliphatic rings. The van der Waals surface area contributed by atoms with Crippen LogP contribution in [-0.4, -0.2) is 140 Å². The minimum absolute atomic E-state index is 0.750. The first-order chi connectivity index (χ1) is 14.7. The lowest BCUT2D eigenvalue weighted by Crippen LogP contribution is -2.69. The number of hydrogen-bond acceptors (Lipinski definition) is 13. The molecule has 0 saturated carbocycles. The summed E-state index contributed by atoms with van der Waals surface area (Å²) in [4.78, 5) is 23.1. The SMILES string of the molecule is O=C(CO)N[C@@H]1[C@@H](O)[C@H](O[C@@H]2O[C@H](CO)[C@@H](O)[C@H](O)[C@H]2NC(=O)CO)[C@@H](CO)O[C@H]1O. The van der Waals surface area contributed by atoms with Gasteiger partial charge in [-0.05, 0) is 0 Å². The smallest absolute Gasteiger partial charge is 0.246 e. The Morgan fingerprint density at radius 2 is 1.29 bits per heavy atom. The van der Waals surface area contributed by atoms with Crippen molar-refractivity contribution < 1.29 is 64.7 Å². The number of rotatable bonds is 8. The van der Waals surface area contributed by atoms with Crippen molar-refractivity contribution in [2.24, 2.45) is 0 Å². The molecule has 15 nitrogen and oxygen atoms in total. The van der Waals surface area contributed by atoms with Crippen LogP contribution in [0.4, 0.5) is 0 Å². The number of ether oxygens (including phenoxy) is 3. The molecule has 0 radical (unpaired) electrons. The van der Waals surface area contributed by atoms with Crippen LogP contribution in [-0.2, 0) is 23.8 Å². The standard InChI is InChI=1S/C16H28N2O13/c19-1-5-11(25)12(26)10(18-8(24)4-22)16(30-5)31-14-6(2-20)29-15(28)9(13(14)27)17-7(23)3-21/h5-6,9-16,19-22,25-28H,1-4H2,(H,17,23)(H,18,24)/t5-,6-,9-,10-,11-,12-,13-,14-,15-,16+/m1/s1. The van der Waals surface area contributed by atoms with Crippen molar-refractivity contribution in [1.82, 2.24) is 10.6 Å². The van der Waals surface area contributed by atoms with Gasteiger partial charge in [-0.2, -0.15) is 0 Å². The van der Waals surface area contributed by atoms with Gasteiger partial charge in [0.15, 0.2) is 12.6 Å². The van der Waals surface area contributed by atoms with Gasteiger partial charge in [0.25, 0.3) is 0 Å². The first-order valence-corrected chi connectivity index (χ1v) is 9.39. The third kappa shape index (κ3) is 5.85. The highest BCUT2D eigenvalue weighted by Crippen LogP contribution is 2.28. The van der Waals surface area contributed by atoms with E-state index < -0.39 is 99.5 Å². The lowest BCUT2D eigenvalue weighted by molar-refractivity contribution is -0.327. The number of aliphatic hydroxyl groups is 8. The van der Waals surface area contributed by atoms with Gasteiger partial charge in [-0.1, -0.05) is 0 Å². The molecule has 0 aromatic rings. The Morgan fingerprint density at radius 3 is 1.81 bits per heavy atom. The van der Waals surface area contributed by atoms with E-state index in [0.29, 0.717) is 0 Å². The van der Waals surface area contributed by atoms with Crippen LogP contribution in [0, 0.1) is 0 Å². The molecule has 0 aromatic heterocycles. The molecule has 180 valence electrons. The second kappa shape index (κ2) is 11.4. The fourth-order valence-corrected chi connectivity index (χ4v) is 3.38. The van der Waals surface area contributed by atoms with Crippen LogP contribution in [0.3, 0.4) is 0 Å². The summed E-state index contributed by atoms with van der Waals surface area (Å²) in [7, 11) is 0. The lowest BCUT2D eigenvalue weighted by Gasteiger charge is -2.47. The fourth-order valence-electron chi connectivity index (χ4n) is 3.38. The van der Waals surface area contributed by atoms with Crippen molar-refractivity contribution in [3.05, 3.63) is 0 Å². The van der Waals surface area contributed by atoms with E-state index in [4.69, 9.17) is 24.4 Å². The predicted octanol–water partition coefficient (Wildman–Crippen LogP) is -7.16. The number of carbonyl (C=O) groups is 2. The molecule has 0 aliphatic carbocycles. The molecule has 0 bridgehead atoms. The first kappa shape index (κ1) is 25.8. The zero-order valence-electron chi connectivity index (χ0n) is 16.2. The van der Waals surface area contributed by atoms with Crippen LogP contribution < -0.4 is 10.6 Å². The highest BCUT2D eigenvalue weighted by Gasteiger charge is 2.51. The summed E-state index contributed by atoms with van der Waals surface area (Å²) < 4.78 is 16.1. The maximum absolute atomic E-state index is 11.6. The molecule has 0 aromatic carbocycles. The monoisotopic (exact) mass is 456 g/mol. The molecule has 15 heteroatoms. The Kier molecular flexibility index (Phi) is 9.46. The van der Waals surface area contributed by atoms with E-state index in [2.05, 4.69) is 10.6 Å². The molecule has 2 rings (SSSR count). The average Bonchev–Trinajstić information content (AvgIpc) is 2.76. The van der Waals surface area contributed by atoms with Crippen molar-refractivity contribution in [2.75, 3.05) is 26.4 Å². The van der Waals surface area contributed by atoms with Gasteiger partial charge in [-0.3, -0.25) is 9.59 Å². The highest BCUT2D eigenvalue weighted by molar-refractivity contribution is 5.77. The Balaban J connectivity index is 2.27. The van der Waals surface area contributed by atoms with Crippen molar-refractivity contribution >= 4 is 11.8 Å². The van der Waals surface area contributed by atoms with Crippen LogP contribution in [0.2, 0.25) is 0 Å². The summed E-state index contributed by atoms with van der Waals surface area (Å²) in [5, 5.41) is 82.0. The Hall–Kier alpha value is -1.50. The van der Waals surface area contributed by atoms with Gasteiger partial charge in [-0.15, -0.1) is 0 Å². The fraction of sp³-hybridized carbons (Fsp3) is 0.875. The Morgan fingerprint density at radius 1 is 0.742 bits per heavy atom. The molecule has 2 saturated heterocycles. The zero-order chi connectivity index (χ0) is 23.3. The van der Waals surface area contributed by atoms with Crippen LogP contribution in [0.1, 0.15) is 0 Å². The number of amides is 2. The minimum Gasteiger partial charge on any atom is -0.394 e. The normalized spacial score (nSPS) is 40.9. The summed E-state index contributed by atoms with van der Waals surface area (Å²) in [5.74, 6) is -1.91. The highest BCUT2D eigenvalue weighted by atomic mass is 16.7. The number of hydrogen-bond donors (Lipinski definition) is 10. The summed E-state index contributed by atoms with van der Waals surface area (Å²) in [6, 6.07) is -2.98. The van der Waals surface area contributed by atoms with E-state index in [-0.39, 0.29) is 0 Å². The molecular formula is C16H28N2O13. The van der Waals surface area contributed by atoms with Gasteiger partial charge in [0.2, 0.25) is 11.8 Å². The molecule has 2 amide bonds. The van der Waals surface area contributed by atoms with Crippen LogP contribution >= 0.6 is 0 Å². The molecule has 31 heavy (non-hydrogen) atoms. The zero-order valence-corrected chi connectivity index (χ0v) is 16.2. The molecule has 2 aliphatic heterocycles. The number of aliphatic hydroxyl groups excluding tert-OH is 8. The van der Waals surface area contributed by atoms with Crippen molar-refractivity contribution in [2.45, 2.75) is 61.3 Å². The lowest BCUT2D eigenvalue weighted by atomic mass is 9.94. The van der Waals surface area contributed by atoms with E-state index in [0.717, 1.165) is 0 Å². The maximum Gasteiger partial charge on any atom is 0.246 e.